The highest BCUT2D eigenvalue weighted by molar-refractivity contribution is 5.97. The van der Waals surface area contributed by atoms with E-state index >= 15 is 0 Å². The SMILES string of the molecule is CNc1cc(C(=O)NC(C)C(N)=O)ccn1. The molecule has 1 rings (SSSR count). The third-order valence-electron chi connectivity index (χ3n) is 2.05. The molecule has 86 valence electrons. The summed E-state index contributed by atoms with van der Waals surface area (Å²) in [5, 5.41) is 5.29. The van der Waals surface area contributed by atoms with Crippen molar-refractivity contribution < 1.29 is 9.59 Å². The van der Waals surface area contributed by atoms with Crippen LogP contribution in [-0.4, -0.2) is 29.9 Å². The Kier molecular flexibility index (Phi) is 3.82. The van der Waals surface area contributed by atoms with Crippen molar-refractivity contribution in [2.24, 2.45) is 5.73 Å². The largest absolute Gasteiger partial charge is 0.373 e. The number of rotatable bonds is 4. The van der Waals surface area contributed by atoms with E-state index < -0.39 is 11.9 Å². The first-order chi connectivity index (χ1) is 7.54. The van der Waals surface area contributed by atoms with E-state index in [0.29, 0.717) is 11.4 Å². The van der Waals surface area contributed by atoms with E-state index in [9.17, 15) is 9.59 Å². The summed E-state index contributed by atoms with van der Waals surface area (Å²) >= 11 is 0. The fourth-order valence-corrected chi connectivity index (χ4v) is 1.06. The smallest absolute Gasteiger partial charge is 0.252 e. The second-order valence-electron chi connectivity index (χ2n) is 3.28. The normalized spacial score (nSPS) is 11.6. The van der Waals surface area contributed by atoms with Crippen molar-refractivity contribution >= 4 is 17.6 Å². The number of primary amides is 1. The number of amides is 2. The zero-order valence-corrected chi connectivity index (χ0v) is 9.15. The van der Waals surface area contributed by atoms with E-state index in [0.717, 1.165) is 0 Å². The van der Waals surface area contributed by atoms with Crippen LogP contribution in [0.3, 0.4) is 0 Å². The minimum absolute atomic E-state index is 0.356. The number of nitrogens with two attached hydrogens (primary N) is 1. The summed E-state index contributed by atoms with van der Waals surface area (Å²) in [5.41, 5.74) is 5.46. The lowest BCUT2D eigenvalue weighted by molar-refractivity contribution is -0.119. The molecule has 1 aromatic rings. The molecule has 2 amide bonds. The average molecular weight is 222 g/mol. The van der Waals surface area contributed by atoms with Crippen molar-refractivity contribution in [3.63, 3.8) is 0 Å². The van der Waals surface area contributed by atoms with Crippen LogP contribution in [-0.2, 0) is 4.79 Å². The molecule has 6 heteroatoms. The first-order valence-electron chi connectivity index (χ1n) is 4.78. The van der Waals surface area contributed by atoms with Gasteiger partial charge in [0.25, 0.3) is 5.91 Å². The second kappa shape index (κ2) is 5.11. The predicted molar refractivity (Wildman–Crippen MR) is 59.9 cm³/mol. The van der Waals surface area contributed by atoms with Gasteiger partial charge in [-0.3, -0.25) is 9.59 Å². The van der Waals surface area contributed by atoms with E-state index in [1.54, 1.807) is 19.2 Å². The van der Waals surface area contributed by atoms with Crippen LogP contribution in [0.5, 0.6) is 0 Å². The molecule has 4 N–H and O–H groups in total. The lowest BCUT2D eigenvalue weighted by atomic mass is 10.2. The molecule has 1 atom stereocenters. The van der Waals surface area contributed by atoms with Crippen LogP contribution in [0.2, 0.25) is 0 Å². The molecule has 16 heavy (non-hydrogen) atoms. The van der Waals surface area contributed by atoms with Gasteiger partial charge in [0.15, 0.2) is 0 Å². The molecule has 0 aliphatic heterocycles. The Labute approximate surface area is 93.2 Å². The number of carbonyl (C=O) groups is 2. The van der Waals surface area contributed by atoms with Gasteiger partial charge in [-0.1, -0.05) is 0 Å². The lowest BCUT2D eigenvalue weighted by Gasteiger charge is -2.10. The summed E-state index contributed by atoms with van der Waals surface area (Å²) in [4.78, 5) is 26.4. The van der Waals surface area contributed by atoms with Crippen LogP contribution in [0.25, 0.3) is 0 Å². The van der Waals surface area contributed by atoms with Gasteiger partial charge in [0.1, 0.15) is 11.9 Å². The van der Waals surface area contributed by atoms with Gasteiger partial charge < -0.3 is 16.4 Å². The van der Waals surface area contributed by atoms with Gasteiger partial charge in [-0.05, 0) is 19.1 Å². The number of hydrogen-bond acceptors (Lipinski definition) is 4. The molecule has 1 unspecified atom stereocenters. The maximum absolute atomic E-state index is 11.7. The quantitative estimate of drug-likeness (QED) is 0.653. The number of nitrogens with one attached hydrogen (secondary N) is 2. The number of anilines is 1. The van der Waals surface area contributed by atoms with Crippen LogP contribution in [0.4, 0.5) is 5.82 Å². The van der Waals surface area contributed by atoms with Crippen molar-refractivity contribution in [2.45, 2.75) is 13.0 Å². The molecule has 0 bridgehead atoms. The number of aromatic nitrogens is 1. The average Bonchev–Trinajstić information content (AvgIpc) is 2.28. The first kappa shape index (κ1) is 12.0. The molecule has 1 heterocycles. The fraction of sp³-hybridized carbons (Fsp3) is 0.300. The van der Waals surface area contributed by atoms with Crippen molar-refractivity contribution in [1.82, 2.24) is 10.3 Å². The molecule has 0 aliphatic rings. The van der Waals surface area contributed by atoms with E-state index in [-0.39, 0.29) is 5.91 Å². The number of pyridine rings is 1. The molecule has 0 aliphatic carbocycles. The minimum atomic E-state index is -0.696. The molecule has 0 saturated carbocycles. The fourth-order valence-electron chi connectivity index (χ4n) is 1.06. The Morgan fingerprint density at radius 3 is 2.75 bits per heavy atom. The predicted octanol–water partition coefficient (Wildman–Crippen LogP) is -0.273. The summed E-state index contributed by atoms with van der Waals surface area (Å²) in [6.45, 7) is 1.53. The van der Waals surface area contributed by atoms with Gasteiger partial charge in [-0.2, -0.15) is 0 Å². The van der Waals surface area contributed by atoms with Crippen LogP contribution in [0.1, 0.15) is 17.3 Å². The molecule has 1 aromatic heterocycles. The first-order valence-corrected chi connectivity index (χ1v) is 4.78. The van der Waals surface area contributed by atoms with Gasteiger partial charge in [0.2, 0.25) is 5.91 Å². The van der Waals surface area contributed by atoms with Crippen LogP contribution < -0.4 is 16.4 Å². The highest BCUT2D eigenvalue weighted by atomic mass is 16.2. The standard InChI is InChI=1S/C10H14N4O2/c1-6(9(11)15)14-10(16)7-3-4-13-8(5-7)12-2/h3-6H,1-2H3,(H2,11,15)(H,12,13)(H,14,16). The zero-order chi connectivity index (χ0) is 12.1. The maximum atomic E-state index is 11.7. The van der Waals surface area contributed by atoms with Crippen molar-refractivity contribution in [3.8, 4) is 0 Å². The molecule has 0 saturated heterocycles. The van der Waals surface area contributed by atoms with E-state index in [1.165, 1.54) is 13.1 Å². The summed E-state index contributed by atoms with van der Waals surface area (Å²) < 4.78 is 0. The van der Waals surface area contributed by atoms with Crippen molar-refractivity contribution in [2.75, 3.05) is 12.4 Å². The molecule has 0 fully saturated rings. The van der Waals surface area contributed by atoms with Gasteiger partial charge >= 0.3 is 0 Å². The third kappa shape index (κ3) is 2.94. The van der Waals surface area contributed by atoms with Crippen LogP contribution in [0.15, 0.2) is 18.3 Å². The van der Waals surface area contributed by atoms with Crippen molar-refractivity contribution in [3.05, 3.63) is 23.9 Å². The van der Waals surface area contributed by atoms with Crippen molar-refractivity contribution in [1.29, 1.82) is 0 Å². The molecule has 6 nitrogen and oxygen atoms in total. The zero-order valence-electron chi connectivity index (χ0n) is 9.15. The number of nitrogens with zero attached hydrogens (tertiary/aromatic N) is 1. The van der Waals surface area contributed by atoms with Gasteiger partial charge in [-0.15, -0.1) is 0 Å². The Balaban J connectivity index is 2.76. The Morgan fingerprint density at radius 2 is 2.19 bits per heavy atom. The molecular weight excluding hydrogens is 208 g/mol. The van der Waals surface area contributed by atoms with Gasteiger partial charge in [0, 0.05) is 18.8 Å². The third-order valence-corrected chi connectivity index (χ3v) is 2.05. The second-order valence-corrected chi connectivity index (χ2v) is 3.28. The van der Waals surface area contributed by atoms with Crippen LogP contribution in [0, 0.1) is 0 Å². The summed E-state index contributed by atoms with van der Waals surface area (Å²) in [6.07, 6.45) is 1.51. The van der Waals surface area contributed by atoms with Gasteiger partial charge in [0.05, 0.1) is 0 Å². The summed E-state index contributed by atoms with van der Waals surface area (Å²) in [6, 6.07) is 2.45. The Bertz CT molecular complexity index is 406. The molecular formula is C10H14N4O2. The van der Waals surface area contributed by atoms with E-state index in [2.05, 4.69) is 15.6 Å². The maximum Gasteiger partial charge on any atom is 0.252 e. The summed E-state index contributed by atoms with van der Waals surface area (Å²) in [5.74, 6) is -0.346. The highest BCUT2D eigenvalue weighted by Gasteiger charge is 2.13. The Morgan fingerprint density at radius 1 is 1.50 bits per heavy atom. The summed E-state index contributed by atoms with van der Waals surface area (Å²) in [7, 11) is 1.70. The highest BCUT2D eigenvalue weighted by Crippen LogP contribution is 2.05. The number of hydrogen-bond donors (Lipinski definition) is 3. The van der Waals surface area contributed by atoms with Crippen LogP contribution >= 0.6 is 0 Å². The lowest BCUT2D eigenvalue weighted by Crippen LogP contribution is -2.42. The monoisotopic (exact) mass is 222 g/mol. The Hall–Kier alpha value is -2.11. The van der Waals surface area contributed by atoms with Gasteiger partial charge in [-0.25, -0.2) is 4.98 Å². The molecule has 0 aromatic carbocycles. The topological polar surface area (TPSA) is 97.1 Å². The van der Waals surface area contributed by atoms with E-state index in [4.69, 9.17) is 5.73 Å². The number of carbonyl (C=O) groups excluding carboxylic acids is 2. The minimum Gasteiger partial charge on any atom is -0.373 e. The van der Waals surface area contributed by atoms with E-state index in [1.807, 2.05) is 0 Å². The molecule has 0 radical (unpaired) electrons. The molecule has 0 spiro atoms.